The van der Waals surface area contributed by atoms with Crippen molar-refractivity contribution in [3.8, 4) is 5.75 Å². The number of anilines is 1. The van der Waals surface area contributed by atoms with E-state index < -0.39 is 10.2 Å². The van der Waals surface area contributed by atoms with Crippen LogP contribution in [0.1, 0.15) is 87.4 Å². The zero-order valence-electron chi connectivity index (χ0n) is 23.5. The number of carbonyl (C=O) groups excluding carboxylic acids is 1. The van der Waals surface area contributed by atoms with Gasteiger partial charge in [0.1, 0.15) is 17.1 Å². The molecule has 3 N–H and O–H groups in total. The van der Waals surface area contributed by atoms with E-state index in [4.69, 9.17) is 14.3 Å². The average molecular weight is 558 g/mol. The molecule has 39 heavy (non-hydrogen) atoms. The third-order valence-electron chi connectivity index (χ3n) is 6.67. The van der Waals surface area contributed by atoms with E-state index in [1.54, 1.807) is 30.3 Å². The maximum atomic E-state index is 13.7. The molecule has 0 unspecified atom stereocenters. The second kappa shape index (κ2) is 15.1. The lowest BCUT2D eigenvalue weighted by Gasteiger charge is -2.21. The van der Waals surface area contributed by atoms with Gasteiger partial charge in [-0.15, -0.1) is 0 Å². The first kappa shape index (κ1) is 30.7. The highest BCUT2D eigenvalue weighted by atomic mass is 32.2. The van der Waals surface area contributed by atoms with Gasteiger partial charge in [-0.3, -0.25) is 9.52 Å². The van der Waals surface area contributed by atoms with Crippen LogP contribution in [-0.2, 0) is 16.6 Å². The number of aryl methyl sites for hydroxylation is 1. The Labute approximate surface area is 233 Å². The second-order valence-corrected chi connectivity index (χ2v) is 11.3. The molecular weight excluding hydrogens is 514 g/mol. The number of benzene rings is 2. The smallest absolute Gasteiger partial charge is 0.296 e. The summed E-state index contributed by atoms with van der Waals surface area (Å²) in [6, 6.07) is 12.0. The molecule has 0 aliphatic carbocycles. The highest BCUT2D eigenvalue weighted by molar-refractivity contribution is 7.90. The van der Waals surface area contributed by atoms with Gasteiger partial charge in [-0.05, 0) is 81.2 Å². The van der Waals surface area contributed by atoms with Crippen molar-refractivity contribution in [1.82, 2.24) is 4.90 Å². The molecule has 9 heteroatoms. The minimum atomic E-state index is -3.95. The fraction of sp³-hybridized carbons (Fsp3) is 0.500. The number of fused-ring (bicyclic) bond motifs is 1. The first-order valence-electron chi connectivity index (χ1n) is 14.1. The molecule has 8 nitrogen and oxygen atoms in total. The fourth-order valence-electron chi connectivity index (χ4n) is 4.56. The van der Waals surface area contributed by atoms with E-state index in [9.17, 15) is 13.2 Å². The van der Waals surface area contributed by atoms with Gasteiger partial charge >= 0.3 is 0 Å². The lowest BCUT2D eigenvalue weighted by Crippen LogP contribution is -2.28. The van der Waals surface area contributed by atoms with E-state index >= 15 is 0 Å². The molecule has 3 aromatic rings. The number of rotatable bonds is 18. The van der Waals surface area contributed by atoms with Crippen LogP contribution in [0.5, 0.6) is 5.75 Å². The molecule has 1 heterocycles. The summed E-state index contributed by atoms with van der Waals surface area (Å²) in [4.78, 5) is 16.2. The summed E-state index contributed by atoms with van der Waals surface area (Å²) >= 11 is 0. The van der Waals surface area contributed by atoms with Crippen molar-refractivity contribution in [3.63, 3.8) is 0 Å². The molecule has 214 valence electrons. The molecular formula is C30H43N3O5S. The number of ketones is 1. The Balaban J connectivity index is 1.71. The summed E-state index contributed by atoms with van der Waals surface area (Å²) in [6.07, 6.45) is 8.21. The number of carbonyl (C=O) groups is 1. The molecule has 0 aliphatic heterocycles. The van der Waals surface area contributed by atoms with Crippen LogP contribution in [0.4, 0.5) is 5.69 Å². The van der Waals surface area contributed by atoms with Crippen molar-refractivity contribution in [2.24, 2.45) is 5.14 Å². The predicted molar refractivity (Wildman–Crippen MR) is 158 cm³/mol. The van der Waals surface area contributed by atoms with Crippen LogP contribution in [0.2, 0.25) is 0 Å². The summed E-state index contributed by atoms with van der Waals surface area (Å²) in [5, 5.41) is 5.69. The van der Waals surface area contributed by atoms with Crippen LogP contribution in [0.25, 0.3) is 11.0 Å². The molecule has 0 saturated heterocycles. The van der Waals surface area contributed by atoms with E-state index in [1.165, 1.54) is 25.7 Å². The number of unbranched alkanes of at least 4 members (excludes halogenated alkanes) is 3. The van der Waals surface area contributed by atoms with Gasteiger partial charge in [-0.25, -0.2) is 5.14 Å². The van der Waals surface area contributed by atoms with Crippen molar-refractivity contribution in [2.75, 3.05) is 31.0 Å². The highest BCUT2D eigenvalue weighted by Gasteiger charge is 2.22. The first-order valence-corrected chi connectivity index (χ1v) is 15.7. The Morgan fingerprint density at radius 1 is 0.923 bits per heavy atom. The molecule has 0 amide bonds. The van der Waals surface area contributed by atoms with Crippen LogP contribution in [0, 0.1) is 0 Å². The van der Waals surface area contributed by atoms with Crippen molar-refractivity contribution in [1.29, 1.82) is 0 Å². The van der Waals surface area contributed by atoms with Gasteiger partial charge in [-0.2, -0.15) is 8.42 Å². The standard InChI is InChI=1S/C30H43N3O5S/c1-4-7-11-28-29(26-22-24(32-39(31,35)36)14-17-27(26)38-28)30(34)23-12-15-25(16-13-23)37-21-10-20-33(18-8-5-2)19-9-6-3/h12-17,22,32H,4-11,18-21H2,1-3H3,(H2,31,35,36). The Morgan fingerprint density at radius 2 is 1.56 bits per heavy atom. The number of furan rings is 1. The van der Waals surface area contributed by atoms with Crippen LogP contribution in [0.15, 0.2) is 46.9 Å². The number of nitrogens with one attached hydrogen (secondary N) is 1. The normalized spacial score (nSPS) is 11.8. The number of hydrogen-bond donors (Lipinski definition) is 2. The van der Waals surface area contributed by atoms with Crippen LogP contribution < -0.4 is 14.6 Å². The van der Waals surface area contributed by atoms with E-state index in [1.807, 2.05) is 12.1 Å². The van der Waals surface area contributed by atoms with Crippen molar-refractivity contribution >= 4 is 32.6 Å². The molecule has 2 aromatic carbocycles. The summed E-state index contributed by atoms with van der Waals surface area (Å²) in [7, 11) is -3.95. The summed E-state index contributed by atoms with van der Waals surface area (Å²) < 4.78 is 37.3. The zero-order valence-corrected chi connectivity index (χ0v) is 24.3. The van der Waals surface area contributed by atoms with Gasteiger partial charge in [0.15, 0.2) is 5.78 Å². The Kier molecular flexibility index (Phi) is 11.8. The Hall–Kier alpha value is -2.88. The SMILES string of the molecule is CCCCc1oc2ccc(NS(N)(=O)=O)cc2c1C(=O)c1ccc(OCCCN(CCCC)CCCC)cc1. The third-order valence-corrected chi connectivity index (χ3v) is 7.19. The van der Waals surface area contributed by atoms with Gasteiger partial charge in [0, 0.05) is 23.9 Å². The minimum absolute atomic E-state index is 0.179. The number of nitrogens with two attached hydrogens (primary N) is 1. The fourth-order valence-corrected chi connectivity index (χ4v) is 5.02. The molecule has 3 rings (SSSR count). The molecule has 0 aliphatic rings. The van der Waals surface area contributed by atoms with Crippen LogP contribution in [0.3, 0.4) is 0 Å². The minimum Gasteiger partial charge on any atom is -0.494 e. The lowest BCUT2D eigenvalue weighted by atomic mass is 9.98. The second-order valence-electron chi connectivity index (χ2n) is 9.97. The van der Waals surface area contributed by atoms with Gasteiger partial charge in [0.05, 0.1) is 17.9 Å². The maximum absolute atomic E-state index is 13.7. The summed E-state index contributed by atoms with van der Waals surface area (Å²) in [5.41, 5.74) is 1.76. The molecule has 0 saturated carbocycles. The first-order chi connectivity index (χ1) is 18.8. The predicted octanol–water partition coefficient (Wildman–Crippen LogP) is 6.29. The van der Waals surface area contributed by atoms with Gasteiger partial charge in [-0.1, -0.05) is 40.0 Å². The molecule has 0 spiro atoms. The van der Waals surface area contributed by atoms with Crippen LogP contribution >= 0.6 is 0 Å². The maximum Gasteiger partial charge on any atom is 0.296 e. The van der Waals surface area contributed by atoms with E-state index in [-0.39, 0.29) is 11.5 Å². The van der Waals surface area contributed by atoms with E-state index in [2.05, 4.69) is 30.4 Å². The number of ether oxygens (including phenoxy) is 1. The molecule has 1 aromatic heterocycles. The van der Waals surface area contributed by atoms with Crippen molar-refractivity contribution < 1.29 is 22.4 Å². The Bertz CT molecular complexity index is 1290. The largest absolute Gasteiger partial charge is 0.494 e. The third kappa shape index (κ3) is 9.37. The molecule has 0 fully saturated rings. The van der Waals surface area contributed by atoms with E-state index in [0.29, 0.717) is 40.9 Å². The lowest BCUT2D eigenvalue weighted by molar-refractivity contribution is 0.103. The number of hydrogen-bond acceptors (Lipinski definition) is 6. The topological polar surface area (TPSA) is 115 Å². The molecule has 0 atom stereocenters. The quantitative estimate of drug-likeness (QED) is 0.140. The number of nitrogens with zero attached hydrogens (tertiary/aromatic N) is 1. The molecule has 0 bridgehead atoms. The van der Waals surface area contributed by atoms with Gasteiger partial charge in [0.2, 0.25) is 0 Å². The highest BCUT2D eigenvalue weighted by Crippen LogP contribution is 2.32. The van der Waals surface area contributed by atoms with Crippen molar-refractivity contribution in [3.05, 3.63) is 59.4 Å². The van der Waals surface area contributed by atoms with Gasteiger partial charge < -0.3 is 14.1 Å². The molecule has 0 radical (unpaired) electrons. The van der Waals surface area contributed by atoms with Crippen molar-refractivity contribution in [2.45, 2.75) is 72.1 Å². The van der Waals surface area contributed by atoms with Crippen LogP contribution in [-0.4, -0.2) is 45.3 Å². The average Bonchev–Trinajstić information content (AvgIpc) is 3.27. The summed E-state index contributed by atoms with van der Waals surface area (Å²) in [6.45, 7) is 10.4. The van der Waals surface area contributed by atoms with E-state index in [0.717, 1.165) is 44.6 Å². The zero-order chi connectivity index (χ0) is 28.3. The monoisotopic (exact) mass is 557 g/mol. The Morgan fingerprint density at radius 3 is 2.18 bits per heavy atom. The van der Waals surface area contributed by atoms with Gasteiger partial charge in [0.25, 0.3) is 10.2 Å². The summed E-state index contributed by atoms with van der Waals surface area (Å²) in [5.74, 6) is 1.14.